The van der Waals surface area contributed by atoms with Crippen LogP contribution in [0.25, 0.3) is 0 Å². The van der Waals surface area contributed by atoms with Crippen LogP contribution in [0.3, 0.4) is 0 Å². The van der Waals surface area contributed by atoms with Crippen molar-refractivity contribution in [2.45, 2.75) is 37.9 Å². The van der Waals surface area contributed by atoms with Gasteiger partial charge in [-0.3, -0.25) is 10.1 Å². The molecule has 1 fully saturated rings. The summed E-state index contributed by atoms with van der Waals surface area (Å²) in [6.45, 7) is 0. The van der Waals surface area contributed by atoms with Gasteiger partial charge in [-0.25, -0.2) is 0 Å². The summed E-state index contributed by atoms with van der Waals surface area (Å²) in [5.41, 5.74) is 0. The van der Waals surface area contributed by atoms with Gasteiger partial charge in [-0.15, -0.1) is 0 Å². The molecule has 1 aliphatic rings. The number of hydrogen-bond acceptors (Lipinski definition) is 2. The molecule has 3 nitrogen and oxygen atoms in total. The van der Waals surface area contributed by atoms with Crippen LogP contribution in [0.15, 0.2) is 0 Å². The van der Waals surface area contributed by atoms with Crippen LogP contribution in [-0.4, -0.2) is 10.7 Å². The lowest BCUT2D eigenvalue weighted by atomic mass is 9.94. The van der Waals surface area contributed by atoms with Gasteiger partial charge in [-0.1, -0.05) is 6.42 Å². The summed E-state index contributed by atoms with van der Waals surface area (Å²) in [6, 6.07) is 0. The van der Waals surface area contributed by atoms with Crippen LogP contribution in [0.1, 0.15) is 32.1 Å². The molecule has 0 aliphatic heterocycles. The predicted octanol–water partition coefficient (Wildman–Crippen LogP) is 1.89. The zero-order valence-electron chi connectivity index (χ0n) is 5.68. The zero-order valence-corrected chi connectivity index (χ0v) is 5.68. The normalized spacial score (nSPS) is 24.1. The molecular formula is C6H10FNO2. The third kappa shape index (κ3) is 1.25. The highest BCUT2D eigenvalue weighted by molar-refractivity contribution is 4.71. The topological polar surface area (TPSA) is 43.1 Å². The fourth-order valence-corrected chi connectivity index (χ4v) is 1.28. The lowest BCUT2D eigenvalue weighted by molar-refractivity contribution is -0.610. The van der Waals surface area contributed by atoms with Gasteiger partial charge < -0.3 is 0 Å². The van der Waals surface area contributed by atoms with Crippen LogP contribution in [0.2, 0.25) is 0 Å². The first-order valence-electron chi connectivity index (χ1n) is 3.48. The van der Waals surface area contributed by atoms with Crippen LogP contribution in [0.5, 0.6) is 0 Å². The summed E-state index contributed by atoms with van der Waals surface area (Å²) < 4.78 is 13.0. The van der Waals surface area contributed by atoms with Gasteiger partial charge in [0.2, 0.25) is 0 Å². The van der Waals surface area contributed by atoms with Crippen LogP contribution >= 0.6 is 0 Å². The van der Waals surface area contributed by atoms with E-state index in [4.69, 9.17) is 0 Å². The number of nitrogens with zero attached hydrogens (tertiary/aromatic N) is 1. The predicted molar refractivity (Wildman–Crippen MR) is 33.9 cm³/mol. The summed E-state index contributed by atoms with van der Waals surface area (Å²) >= 11 is 0. The molecule has 0 saturated heterocycles. The minimum Gasteiger partial charge on any atom is -0.261 e. The maximum absolute atomic E-state index is 13.0. The molecule has 0 N–H and O–H groups in total. The van der Waals surface area contributed by atoms with E-state index in [2.05, 4.69) is 0 Å². The molecule has 0 bridgehead atoms. The summed E-state index contributed by atoms with van der Waals surface area (Å²) in [6.07, 6.45) is 2.43. The lowest BCUT2D eigenvalue weighted by Crippen LogP contribution is -2.35. The van der Waals surface area contributed by atoms with E-state index < -0.39 is 10.7 Å². The molecule has 0 aromatic rings. The molecule has 0 heterocycles. The maximum atomic E-state index is 13.0. The SMILES string of the molecule is O=[N+]([O-])C1(F)CCCCC1. The quantitative estimate of drug-likeness (QED) is 0.323. The van der Waals surface area contributed by atoms with E-state index in [1.165, 1.54) is 0 Å². The molecule has 0 atom stereocenters. The average molecular weight is 147 g/mol. The molecule has 1 aliphatic carbocycles. The molecule has 1 rings (SSSR count). The molecule has 0 unspecified atom stereocenters. The number of alkyl halides is 1. The summed E-state index contributed by atoms with van der Waals surface area (Å²) in [5, 5.41) is 10.1. The van der Waals surface area contributed by atoms with Crippen molar-refractivity contribution in [3.8, 4) is 0 Å². The van der Waals surface area contributed by atoms with E-state index in [9.17, 15) is 14.5 Å². The Morgan fingerprint density at radius 3 is 2.10 bits per heavy atom. The van der Waals surface area contributed by atoms with Gasteiger partial charge in [-0.05, 0) is 12.8 Å². The average Bonchev–Trinajstić information content (AvgIpc) is 1.89. The minimum atomic E-state index is -2.10. The van der Waals surface area contributed by atoms with Crippen molar-refractivity contribution >= 4 is 0 Å². The van der Waals surface area contributed by atoms with Crippen LogP contribution in [0, 0.1) is 10.1 Å². The minimum absolute atomic E-state index is 0.0972. The summed E-state index contributed by atoms with van der Waals surface area (Å²) in [7, 11) is 0. The third-order valence-corrected chi connectivity index (χ3v) is 1.95. The first-order chi connectivity index (χ1) is 4.65. The highest BCUT2D eigenvalue weighted by Gasteiger charge is 2.43. The molecule has 0 amide bonds. The maximum Gasteiger partial charge on any atom is 0.358 e. The van der Waals surface area contributed by atoms with E-state index in [0.29, 0.717) is 12.8 Å². The van der Waals surface area contributed by atoms with Crippen molar-refractivity contribution in [2.75, 3.05) is 0 Å². The van der Waals surface area contributed by atoms with Crippen molar-refractivity contribution in [2.24, 2.45) is 0 Å². The van der Waals surface area contributed by atoms with Gasteiger partial charge >= 0.3 is 5.79 Å². The summed E-state index contributed by atoms with van der Waals surface area (Å²) in [5.74, 6) is -2.10. The summed E-state index contributed by atoms with van der Waals surface area (Å²) in [4.78, 5) is 9.32. The molecule has 4 heteroatoms. The second kappa shape index (κ2) is 2.52. The van der Waals surface area contributed by atoms with Gasteiger partial charge in [0.25, 0.3) is 0 Å². The fraction of sp³-hybridized carbons (Fsp3) is 1.00. The van der Waals surface area contributed by atoms with Gasteiger partial charge in [0, 0.05) is 12.8 Å². The van der Waals surface area contributed by atoms with Crippen LogP contribution in [0.4, 0.5) is 4.39 Å². The Hall–Kier alpha value is -0.670. The Balaban J connectivity index is 2.56. The molecule has 0 aromatic carbocycles. The van der Waals surface area contributed by atoms with E-state index >= 15 is 0 Å². The Labute approximate surface area is 58.4 Å². The Morgan fingerprint density at radius 1 is 1.30 bits per heavy atom. The van der Waals surface area contributed by atoms with Gasteiger partial charge in [0.1, 0.15) is 0 Å². The van der Waals surface area contributed by atoms with E-state index in [-0.39, 0.29) is 12.8 Å². The lowest BCUT2D eigenvalue weighted by Gasteiger charge is -2.20. The first-order valence-corrected chi connectivity index (χ1v) is 3.48. The smallest absolute Gasteiger partial charge is 0.261 e. The number of nitro groups is 1. The Kier molecular flexibility index (Phi) is 1.87. The van der Waals surface area contributed by atoms with Crippen LogP contribution < -0.4 is 0 Å². The Bertz CT molecular complexity index is 143. The van der Waals surface area contributed by atoms with E-state index in [1.807, 2.05) is 0 Å². The van der Waals surface area contributed by atoms with Crippen molar-refractivity contribution in [3.05, 3.63) is 10.1 Å². The zero-order chi connectivity index (χ0) is 7.61. The molecule has 58 valence electrons. The number of halogens is 1. The second-order valence-corrected chi connectivity index (χ2v) is 2.74. The van der Waals surface area contributed by atoms with Crippen molar-refractivity contribution in [3.63, 3.8) is 0 Å². The molecular weight excluding hydrogens is 137 g/mol. The monoisotopic (exact) mass is 147 g/mol. The standard InChI is InChI=1S/C6H10FNO2/c7-6(8(9)10)4-2-1-3-5-6/h1-5H2. The van der Waals surface area contributed by atoms with Crippen molar-refractivity contribution in [1.82, 2.24) is 0 Å². The van der Waals surface area contributed by atoms with Gasteiger partial charge in [-0.2, -0.15) is 4.39 Å². The van der Waals surface area contributed by atoms with Gasteiger partial charge in [0.05, 0.1) is 4.92 Å². The van der Waals surface area contributed by atoms with Gasteiger partial charge in [0.15, 0.2) is 0 Å². The van der Waals surface area contributed by atoms with Crippen molar-refractivity contribution in [1.29, 1.82) is 0 Å². The highest BCUT2D eigenvalue weighted by Crippen LogP contribution is 2.31. The first kappa shape index (κ1) is 7.44. The largest absolute Gasteiger partial charge is 0.358 e. The second-order valence-electron chi connectivity index (χ2n) is 2.74. The number of rotatable bonds is 1. The van der Waals surface area contributed by atoms with Crippen molar-refractivity contribution < 1.29 is 9.31 Å². The third-order valence-electron chi connectivity index (χ3n) is 1.95. The van der Waals surface area contributed by atoms with E-state index in [0.717, 1.165) is 6.42 Å². The molecule has 10 heavy (non-hydrogen) atoms. The Morgan fingerprint density at radius 2 is 1.80 bits per heavy atom. The molecule has 0 aromatic heterocycles. The molecule has 1 saturated carbocycles. The molecule has 0 radical (unpaired) electrons. The highest BCUT2D eigenvalue weighted by atomic mass is 19.1. The fourth-order valence-electron chi connectivity index (χ4n) is 1.28. The number of hydrogen-bond donors (Lipinski definition) is 0. The van der Waals surface area contributed by atoms with E-state index in [1.54, 1.807) is 0 Å². The molecule has 0 spiro atoms. The van der Waals surface area contributed by atoms with Crippen LogP contribution in [-0.2, 0) is 0 Å².